The van der Waals surface area contributed by atoms with Crippen molar-refractivity contribution in [3.05, 3.63) is 21.9 Å². The van der Waals surface area contributed by atoms with Crippen molar-refractivity contribution in [1.82, 2.24) is 0 Å². The molecule has 6 heteroatoms. The maximum atomic E-state index is 11.6. The fourth-order valence-electron chi connectivity index (χ4n) is 1.37. The van der Waals surface area contributed by atoms with Crippen LogP contribution in [0.3, 0.4) is 0 Å². The number of hydrogen-bond acceptors (Lipinski definition) is 5. The molecule has 2 aromatic rings. The van der Waals surface area contributed by atoms with Crippen molar-refractivity contribution in [3.63, 3.8) is 0 Å². The first-order valence-corrected chi connectivity index (χ1v) is 6.30. The van der Waals surface area contributed by atoms with Crippen LogP contribution in [0.4, 0.5) is 0 Å². The van der Waals surface area contributed by atoms with Gasteiger partial charge in [0.25, 0.3) is 0 Å². The van der Waals surface area contributed by atoms with Gasteiger partial charge >= 0.3 is 11.9 Å². The van der Waals surface area contributed by atoms with Gasteiger partial charge in [-0.1, -0.05) is 0 Å². The molecule has 2 heterocycles. The summed E-state index contributed by atoms with van der Waals surface area (Å²) >= 11 is 2.69. The molecule has 0 bridgehead atoms. The average Bonchev–Trinajstić information content (AvgIpc) is 2.76. The topological polar surface area (TPSA) is 63.6 Å². The van der Waals surface area contributed by atoms with Crippen LogP contribution in [-0.2, 0) is 4.74 Å². The van der Waals surface area contributed by atoms with Crippen molar-refractivity contribution >= 4 is 44.0 Å². The minimum absolute atomic E-state index is 0.171. The van der Waals surface area contributed by atoms with E-state index in [1.165, 1.54) is 22.7 Å². The Hall–Kier alpha value is -1.40. The Morgan fingerprint density at radius 3 is 2.50 bits per heavy atom. The Labute approximate surface area is 99.1 Å². The Bertz CT molecular complexity index is 552. The average molecular weight is 256 g/mol. The van der Waals surface area contributed by atoms with Gasteiger partial charge in [0.05, 0.1) is 21.7 Å². The van der Waals surface area contributed by atoms with Crippen LogP contribution in [-0.4, -0.2) is 23.7 Å². The molecule has 0 aliphatic rings. The van der Waals surface area contributed by atoms with Crippen LogP contribution in [0, 0.1) is 0 Å². The van der Waals surface area contributed by atoms with Crippen molar-refractivity contribution in [2.24, 2.45) is 0 Å². The van der Waals surface area contributed by atoms with E-state index in [0.717, 1.165) is 4.01 Å². The summed E-state index contributed by atoms with van der Waals surface area (Å²) in [6.45, 7) is 2.00. The summed E-state index contributed by atoms with van der Waals surface area (Å²) in [6, 6.07) is 0. The lowest BCUT2D eigenvalue weighted by Gasteiger charge is -1.99. The minimum atomic E-state index is -1.02. The van der Waals surface area contributed by atoms with Crippen LogP contribution in [0.5, 0.6) is 0 Å². The molecule has 0 aliphatic heterocycles. The molecule has 0 atom stereocenters. The van der Waals surface area contributed by atoms with Gasteiger partial charge in [-0.25, -0.2) is 9.59 Å². The second-order valence-electron chi connectivity index (χ2n) is 2.99. The molecule has 0 radical (unpaired) electrons. The van der Waals surface area contributed by atoms with Crippen LogP contribution in [0.1, 0.15) is 27.6 Å². The molecule has 0 aliphatic carbocycles. The lowest BCUT2D eigenvalue weighted by Crippen LogP contribution is -2.05. The third-order valence-electron chi connectivity index (χ3n) is 2.04. The van der Waals surface area contributed by atoms with E-state index in [1.54, 1.807) is 17.7 Å². The number of carbonyl (C=O) groups is 2. The lowest BCUT2D eigenvalue weighted by molar-refractivity contribution is 0.0529. The standard InChI is InChI=1S/C10H8O4S2/c1-2-14-9(13)6-4-16-10-7(6)5(3-15-10)8(11)12/h3-4H,2H2,1H3,(H,11,12). The van der Waals surface area contributed by atoms with Gasteiger partial charge in [-0.15, -0.1) is 22.7 Å². The summed E-state index contributed by atoms with van der Waals surface area (Å²) in [6.07, 6.45) is 0. The summed E-state index contributed by atoms with van der Waals surface area (Å²) in [5, 5.41) is 12.7. The van der Waals surface area contributed by atoms with Crippen molar-refractivity contribution in [1.29, 1.82) is 0 Å². The molecular formula is C10H8O4S2. The molecule has 84 valence electrons. The van der Waals surface area contributed by atoms with Gasteiger partial charge in [-0.3, -0.25) is 0 Å². The van der Waals surface area contributed by atoms with Crippen molar-refractivity contribution < 1.29 is 19.4 Å². The molecule has 0 spiro atoms. The number of esters is 1. The molecule has 16 heavy (non-hydrogen) atoms. The van der Waals surface area contributed by atoms with Crippen LogP contribution in [0.25, 0.3) is 9.40 Å². The van der Waals surface area contributed by atoms with E-state index in [4.69, 9.17) is 9.84 Å². The van der Waals surface area contributed by atoms with Gasteiger partial charge in [-0.05, 0) is 6.92 Å². The third kappa shape index (κ3) is 1.70. The van der Waals surface area contributed by atoms with Gasteiger partial charge in [0.2, 0.25) is 0 Å². The maximum absolute atomic E-state index is 11.6. The van der Waals surface area contributed by atoms with Gasteiger partial charge < -0.3 is 9.84 Å². The van der Waals surface area contributed by atoms with Crippen LogP contribution in [0.15, 0.2) is 10.8 Å². The highest BCUT2D eigenvalue weighted by atomic mass is 32.2. The van der Waals surface area contributed by atoms with Gasteiger partial charge in [0.15, 0.2) is 0 Å². The van der Waals surface area contributed by atoms with E-state index in [9.17, 15) is 9.59 Å². The van der Waals surface area contributed by atoms with Crippen molar-refractivity contribution in [2.75, 3.05) is 6.61 Å². The summed E-state index contributed by atoms with van der Waals surface area (Å²) in [5.41, 5.74) is 0.518. The highest BCUT2D eigenvalue weighted by Gasteiger charge is 2.20. The molecule has 2 aromatic heterocycles. The van der Waals surface area contributed by atoms with Crippen LogP contribution < -0.4 is 0 Å². The highest BCUT2D eigenvalue weighted by molar-refractivity contribution is 7.37. The Balaban J connectivity index is 2.57. The molecule has 2 rings (SSSR count). The molecule has 0 saturated carbocycles. The number of rotatable bonds is 3. The van der Waals surface area contributed by atoms with E-state index in [2.05, 4.69) is 0 Å². The fraction of sp³-hybridized carbons (Fsp3) is 0.200. The largest absolute Gasteiger partial charge is 0.478 e. The monoisotopic (exact) mass is 256 g/mol. The van der Waals surface area contributed by atoms with E-state index in [0.29, 0.717) is 10.9 Å². The SMILES string of the molecule is CCOC(=O)c1csc2scc(C(=O)O)c12. The number of thiophene rings is 2. The molecule has 0 amide bonds. The Kier molecular flexibility index (Phi) is 2.93. The predicted octanol–water partition coefficient (Wildman–Crippen LogP) is 2.84. The zero-order valence-corrected chi connectivity index (χ0v) is 9.98. The first-order valence-electron chi connectivity index (χ1n) is 4.54. The highest BCUT2D eigenvalue weighted by Crippen LogP contribution is 2.35. The first-order chi connectivity index (χ1) is 7.65. The molecule has 0 unspecified atom stereocenters. The number of carbonyl (C=O) groups excluding carboxylic acids is 1. The van der Waals surface area contributed by atoms with Crippen molar-refractivity contribution in [3.8, 4) is 0 Å². The minimum Gasteiger partial charge on any atom is -0.478 e. The number of aromatic carboxylic acids is 1. The zero-order chi connectivity index (χ0) is 11.7. The number of ether oxygens (including phenoxy) is 1. The molecule has 0 saturated heterocycles. The smallest absolute Gasteiger partial charge is 0.339 e. The van der Waals surface area contributed by atoms with Crippen molar-refractivity contribution in [2.45, 2.75) is 6.92 Å². The van der Waals surface area contributed by atoms with Gasteiger partial charge in [0, 0.05) is 16.1 Å². The molecule has 0 fully saturated rings. The zero-order valence-electron chi connectivity index (χ0n) is 8.35. The second-order valence-corrected chi connectivity index (χ2v) is 5.00. The van der Waals surface area contributed by atoms with Gasteiger partial charge in [-0.2, -0.15) is 0 Å². The number of fused-ring (bicyclic) bond motifs is 1. The lowest BCUT2D eigenvalue weighted by atomic mass is 10.1. The second kappa shape index (κ2) is 4.23. The van der Waals surface area contributed by atoms with Crippen LogP contribution >= 0.6 is 22.7 Å². The molecule has 4 nitrogen and oxygen atoms in total. The summed E-state index contributed by atoms with van der Waals surface area (Å²) < 4.78 is 5.71. The number of carboxylic acid groups (broad SMARTS) is 1. The Morgan fingerprint density at radius 2 is 1.94 bits per heavy atom. The molecule has 0 aromatic carbocycles. The third-order valence-corrected chi connectivity index (χ3v) is 4.16. The number of carboxylic acids is 1. The molecule has 1 N–H and O–H groups in total. The van der Waals surface area contributed by atoms with Gasteiger partial charge in [0.1, 0.15) is 0 Å². The predicted molar refractivity (Wildman–Crippen MR) is 62.6 cm³/mol. The summed E-state index contributed by atoms with van der Waals surface area (Å²) in [4.78, 5) is 22.6. The first kappa shape index (κ1) is 11.1. The Morgan fingerprint density at radius 1 is 1.31 bits per heavy atom. The van der Waals surface area contributed by atoms with Crippen LogP contribution in [0.2, 0.25) is 0 Å². The normalized spacial score (nSPS) is 10.6. The van der Waals surface area contributed by atoms with E-state index in [1.807, 2.05) is 0 Å². The summed E-state index contributed by atoms with van der Waals surface area (Å²) in [5.74, 6) is -1.48. The van der Waals surface area contributed by atoms with E-state index >= 15 is 0 Å². The maximum Gasteiger partial charge on any atom is 0.339 e. The molecular weight excluding hydrogens is 248 g/mol. The van der Waals surface area contributed by atoms with E-state index in [-0.39, 0.29) is 12.2 Å². The summed E-state index contributed by atoms with van der Waals surface area (Å²) in [7, 11) is 0. The van der Waals surface area contributed by atoms with E-state index < -0.39 is 11.9 Å². The fourth-order valence-corrected chi connectivity index (χ4v) is 3.44. The number of hydrogen-bond donors (Lipinski definition) is 1. The quantitative estimate of drug-likeness (QED) is 0.858.